The van der Waals surface area contributed by atoms with E-state index in [1.54, 1.807) is 0 Å². The Hall–Kier alpha value is -0.710. The Morgan fingerprint density at radius 3 is 2.64 bits per heavy atom. The lowest BCUT2D eigenvalue weighted by molar-refractivity contribution is -0.137. The number of thioether (sulfide) groups is 1. The second kappa shape index (κ2) is 7.71. The van der Waals surface area contributed by atoms with Crippen LogP contribution in [0.25, 0.3) is 0 Å². The van der Waals surface area contributed by atoms with Gasteiger partial charge in [-0.1, -0.05) is 23.7 Å². The Kier molecular flexibility index (Phi) is 5.66. The molecule has 1 amide bonds. The number of carbonyl (C=O) groups excluding carboxylic acids is 1. The third-order valence-corrected chi connectivity index (χ3v) is 5.69. The Labute approximate surface area is 142 Å². The van der Waals surface area contributed by atoms with Gasteiger partial charge in [0.1, 0.15) is 0 Å². The van der Waals surface area contributed by atoms with Crippen LogP contribution in [0.4, 0.5) is 0 Å². The van der Waals surface area contributed by atoms with Gasteiger partial charge in [0.15, 0.2) is 0 Å². The SMILES string of the molecule is O=C(C1CCCN(Cc2ccc(Cl)cc2)C1)N1CCSCC1. The van der Waals surface area contributed by atoms with Crippen molar-refractivity contribution < 1.29 is 4.79 Å². The topological polar surface area (TPSA) is 23.6 Å². The molecule has 120 valence electrons. The fourth-order valence-corrected chi connectivity index (χ4v) is 4.32. The van der Waals surface area contributed by atoms with Gasteiger partial charge in [0, 0.05) is 42.7 Å². The molecule has 22 heavy (non-hydrogen) atoms. The first-order valence-electron chi connectivity index (χ1n) is 8.06. The molecule has 1 aromatic rings. The van der Waals surface area contributed by atoms with E-state index in [0.717, 1.165) is 62.1 Å². The minimum absolute atomic E-state index is 0.184. The molecule has 0 spiro atoms. The molecule has 2 saturated heterocycles. The summed E-state index contributed by atoms with van der Waals surface area (Å²) in [6.07, 6.45) is 2.16. The highest BCUT2D eigenvalue weighted by Crippen LogP contribution is 2.22. The van der Waals surface area contributed by atoms with Gasteiger partial charge in [-0.2, -0.15) is 11.8 Å². The number of amides is 1. The number of halogens is 1. The maximum atomic E-state index is 12.7. The van der Waals surface area contributed by atoms with Gasteiger partial charge in [-0.3, -0.25) is 9.69 Å². The number of hydrogen-bond acceptors (Lipinski definition) is 3. The third kappa shape index (κ3) is 4.18. The van der Waals surface area contributed by atoms with E-state index >= 15 is 0 Å². The molecule has 2 aliphatic heterocycles. The highest BCUT2D eigenvalue weighted by Gasteiger charge is 2.29. The van der Waals surface area contributed by atoms with Gasteiger partial charge >= 0.3 is 0 Å². The smallest absolute Gasteiger partial charge is 0.227 e. The van der Waals surface area contributed by atoms with Crippen LogP contribution >= 0.6 is 23.4 Å². The lowest BCUT2D eigenvalue weighted by Gasteiger charge is -2.36. The number of carbonyl (C=O) groups is 1. The van der Waals surface area contributed by atoms with Gasteiger partial charge < -0.3 is 4.90 Å². The molecule has 2 aliphatic rings. The first-order valence-corrected chi connectivity index (χ1v) is 9.59. The van der Waals surface area contributed by atoms with Gasteiger partial charge in [-0.25, -0.2) is 0 Å². The van der Waals surface area contributed by atoms with Crippen molar-refractivity contribution in [2.24, 2.45) is 5.92 Å². The zero-order chi connectivity index (χ0) is 15.4. The summed E-state index contributed by atoms with van der Waals surface area (Å²) < 4.78 is 0. The Balaban J connectivity index is 1.56. The van der Waals surface area contributed by atoms with Crippen molar-refractivity contribution in [1.82, 2.24) is 9.80 Å². The van der Waals surface area contributed by atoms with Crippen molar-refractivity contribution in [2.75, 3.05) is 37.7 Å². The summed E-state index contributed by atoms with van der Waals surface area (Å²) in [6.45, 7) is 4.75. The van der Waals surface area contributed by atoms with Crippen molar-refractivity contribution in [2.45, 2.75) is 19.4 Å². The van der Waals surface area contributed by atoms with E-state index in [0.29, 0.717) is 5.91 Å². The molecule has 0 aromatic heterocycles. The molecule has 3 nitrogen and oxygen atoms in total. The van der Waals surface area contributed by atoms with Gasteiger partial charge in [0.25, 0.3) is 0 Å². The summed E-state index contributed by atoms with van der Waals surface area (Å²) >= 11 is 7.89. The molecular weight excluding hydrogens is 316 g/mol. The fraction of sp³-hybridized carbons (Fsp3) is 0.588. The van der Waals surface area contributed by atoms with E-state index in [1.165, 1.54) is 5.56 Å². The van der Waals surface area contributed by atoms with Crippen molar-refractivity contribution >= 4 is 29.3 Å². The van der Waals surface area contributed by atoms with Crippen molar-refractivity contribution in [3.8, 4) is 0 Å². The molecule has 0 N–H and O–H groups in total. The summed E-state index contributed by atoms with van der Waals surface area (Å²) in [7, 11) is 0. The Bertz CT molecular complexity index is 502. The van der Waals surface area contributed by atoms with E-state index in [-0.39, 0.29) is 5.92 Å². The van der Waals surface area contributed by atoms with Crippen LogP contribution in [0.1, 0.15) is 18.4 Å². The summed E-state index contributed by atoms with van der Waals surface area (Å²) in [5.41, 5.74) is 1.27. The minimum atomic E-state index is 0.184. The number of likely N-dealkylation sites (tertiary alicyclic amines) is 1. The van der Waals surface area contributed by atoms with Gasteiger partial charge in [0.05, 0.1) is 5.92 Å². The van der Waals surface area contributed by atoms with E-state index < -0.39 is 0 Å². The molecule has 0 radical (unpaired) electrons. The molecule has 1 atom stereocenters. The second-order valence-corrected chi connectivity index (χ2v) is 7.80. The van der Waals surface area contributed by atoms with Gasteiger partial charge in [-0.05, 0) is 37.1 Å². The zero-order valence-electron chi connectivity index (χ0n) is 12.8. The molecular formula is C17H23ClN2OS. The molecule has 0 saturated carbocycles. The van der Waals surface area contributed by atoms with Gasteiger partial charge in [-0.15, -0.1) is 0 Å². The third-order valence-electron chi connectivity index (χ3n) is 4.50. The summed E-state index contributed by atoms with van der Waals surface area (Å²) in [5.74, 6) is 2.74. The highest BCUT2D eigenvalue weighted by atomic mass is 35.5. The molecule has 5 heteroatoms. The van der Waals surface area contributed by atoms with Crippen LogP contribution < -0.4 is 0 Å². The lowest BCUT2D eigenvalue weighted by Crippen LogP contribution is -2.47. The number of benzene rings is 1. The first kappa shape index (κ1) is 16.2. The molecule has 2 heterocycles. The van der Waals surface area contributed by atoms with Crippen molar-refractivity contribution in [3.63, 3.8) is 0 Å². The summed E-state index contributed by atoms with van der Waals surface area (Å²) in [4.78, 5) is 17.2. The predicted octanol–water partition coefficient (Wildman–Crippen LogP) is 3.13. The average molecular weight is 339 g/mol. The van der Waals surface area contributed by atoms with E-state index in [2.05, 4.69) is 21.9 Å². The number of nitrogens with zero attached hydrogens (tertiary/aromatic N) is 2. The quantitative estimate of drug-likeness (QED) is 0.846. The first-order chi connectivity index (χ1) is 10.7. The van der Waals surface area contributed by atoms with Crippen LogP contribution in [-0.2, 0) is 11.3 Å². The maximum absolute atomic E-state index is 12.7. The fourth-order valence-electron chi connectivity index (χ4n) is 3.29. The Morgan fingerprint density at radius 1 is 1.18 bits per heavy atom. The van der Waals surface area contributed by atoms with Crippen molar-refractivity contribution in [1.29, 1.82) is 0 Å². The normalized spacial score (nSPS) is 23.5. The largest absolute Gasteiger partial charge is 0.341 e. The van der Waals surface area contributed by atoms with E-state index in [4.69, 9.17) is 11.6 Å². The summed E-state index contributed by atoms with van der Waals surface area (Å²) in [6, 6.07) is 8.04. The molecule has 1 aromatic carbocycles. The number of piperidine rings is 1. The number of hydrogen-bond donors (Lipinski definition) is 0. The van der Waals surface area contributed by atoms with Crippen LogP contribution in [0.5, 0.6) is 0 Å². The molecule has 0 aliphatic carbocycles. The van der Waals surface area contributed by atoms with Crippen LogP contribution in [0.2, 0.25) is 5.02 Å². The molecule has 0 bridgehead atoms. The van der Waals surface area contributed by atoms with Crippen LogP contribution in [-0.4, -0.2) is 53.4 Å². The predicted molar refractivity (Wildman–Crippen MR) is 93.4 cm³/mol. The van der Waals surface area contributed by atoms with Crippen molar-refractivity contribution in [3.05, 3.63) is 34.9 Å². The van der Waals surface area contributed by atoms with E-state index in [1.807, 2.05) is 23.9 Å². The second-order valence-electron chi connectivity index (χ2n) is 6.14. The van der Waals surface area contributed by atoms with Crippen LogP contribution in [0, 0.1) is 5.92 Å². The standard InChI is InChI=1S/C17H23ClN2OS/c18-16-5-3-14(4-6-16)12-19-7-1-2-15(13-19)17(21)20-8-10-22-11-9-20/h3-6,15H,1-2,7-13H2. The highest BCUT2D eigenvalue weighted by molar-refractivity contribution is 7.99. The molecule has 3 rings (SSSR count). The van der Waals surface area contributed by atoms with Crippen LogP contribution in [0.15, 0.2) is 24.3 Å². The minimum Gasteiger partial charge on any atom is -0.341 e. The Morgan fingerprint density at radius 2 is 1.91 bits per heavy atom. The maximum Gasteiger partial charge on any atom is 0.227 e. The van der Waals surface area contributed by atoms with Crippen LogP contribution in [0.3, 0.4) is 0 Å². The molecule has 2 fully saturated rings. The zero-order valence-corrected chi connectivity index (χ0v) is 14.4. The number of rotatable bonds is 3. The molecule has 1 unspecified atom stereocenters. The monoisotopic (exact) mass is 338 g/mol. The lowest BCUT2D eigenvalue weighted by atomic mass is 9.96. The van der Waals surface area contributed by atoms with Gasteiger partial charge in [0.2, 0.25) is 5.91 Å². The average Bonchev–Trinajstić information content (AvgIpc) is 2.57. The van der Waals surface area contributed by atoms with E-state index in [9.17, 15) is 4.79 Å². The summed E-state index contributed by atoms with van der Waals surface area (Å²) in [5, 5.41) is 0.776.